The first kappa shape index (κ1) is 24.1. The van der Waals surface area contributed by atoms with Crippen molar-refractivity contribution >= 4 is 29.4 Å². The van der Waals surface area contributed by atoms with Crippen LogP contribution < -0.4 is 26.0 Å². The van der Waals surface area contributed by atoms with E-state index in [1.54, 1.807) is 13.0 Å². The summed E-state index contributed by atoms with van der Waals surface area (Å²) in [7, 11) is 1.41. The first-order valence-electron chi connectivity index (χ1n) is 10.6. The summed E-state index contributed by atoms with van der Waals surface area (Å²) in [5, 5.41) is 4.93. The number of benzene rings is 1. The van der Waals surface area contributed by atoms with Gasteiger partial charge in [-0.1, -0.05) is 6.07 Å². The van der Waals surface area contributed by atoms with Crippen molar-refractivity contribution in [1.29, 1.82) is 0 Å². The number of nitrogens with zero attached hydrogens (tertiary/aromatic N) is 2. The summed E-state index contributed by atoms with van der Waals surface area (Å²) < 4.78 is 50.4. The molecule has 1 saturated carbocycles. The molecule has 0 saturated heterocycles. The van der Waals surface area contributed by atoms with Crippen LogP contribution >= 0.6 is 0 Å². The van der Waals surface area contributed by atoms with Crippen LogP contribution in [0.25, 0.3) is 0 Å². The van der Waals surface area contributed by atoms with Crippen molar-refractivity contribution < 1.29 is 37.0 Å². The minimum Gasteiger partial charge on any atom is -0.443 e. The van der Waals surface area contributed by atoms with Gasteiger partial charge in [-0.25, -0.2) is 14.6 Å². The van der Waals surface area contributed by atoms with Gasteiger partial charge in [0.1, 0.15) is 17.3 Å². The van der Waals surface area contributed by atoms with E-state index in [0.717, 1.165) is 25.0 Å². The average Bonchev–Trinajstić information content (AvgIpc) is 3.47. The van der Waals surface area contributed by atoms with Crippen LogP contribution in [-0.4, -0.2) is 41.7 Å². The zero-order valence-electron chi connectivity index (χ0n) is 18.7. The molecule has 1 atom stereocenters. The second-order valence-electron chi connectivity index (χ2n) is 8.57. The number of ether oxygens (including phenoxy) is 2. The lowest BCUT2D eigenvalue weighted by Gasteiger charge is -2.33. The maximum absolute atomic E-state index is 13.1. The van der Waals surface area contributed by atoms with E-state index >= 15 is 0 Å². The number of pyridine rings is 1. The van der Waals surface area contributed by atoms with Crippen molar-refractivity contribution in [3.63, 3.8) is 0 Å². The van der Waals surface area contributed by atoms with E-state index in [9.17, 15) is 27.6 Å². The fourth-order valence-corrected chi connectivity index (χ4v) is 3.67. The standard InChI is InChI=1S/C22H22F3N5O5/c1-21(6-7-21)35-20(33)27-12-8-11-9-13(28-19(26)32)18(31)30(2)17(11)14(10-12)34-16-5-3-4-15(29-16)22(23,24)25/h3-5,8,10,13H,6-7,9H2,1-2H3,(H,27,33)(H3,26,28,32). The number of nitrogens with two attached hydrogens (primary N) is 1. The molecule has 2 aromatic rings. The molecule has 1 aromatic heterocycles. The fraction of sp³-hybridized carbons (Fsp3) is 0.364. The van der Waals surface area contributed by atoms with Crippen LogP contribution in [0.15, 0.2) is 30.3 Å². The molecule has 4 amide bonds. The third-order valence-corrected chi connectivity index (χ3v) is 5.63. The number of nitrogens with one attached hydrogen (secondary N) is 2. The highest BCUT2D eigenvalue weighted by Crippen LogP contribution is 2.42. The van der Waals surface area contributed by atoms with Gasteiger partial charge in [-0.15, -0.1) is 0 Å². The molecule has 0 radical (unpaired) electrons. The molecule has 0 spiro atoms. The summed E-state index contributed by atoms with van der Waals surface area (Å²) in [6.07, 6.45) is -3.96. The summed E-state index contributed by atoms with van der Waals surface area (Å²) in [5.41, 5.74) is 4.39. The van der Waals surface area contributed by atoms with Crippen LogP contribution in [0.4, 0.5) is 34.1 Å². The van der Waals surface area contributed by atoms with E-state index in [2.05, 4.69) is 15.6 Å². The van der Waals surface area contributed by atoms with Crippen LogP contribution in [0, 0.1) is 0 Å². The van der Waals surface area contributed by atoms with Gasteiger partial charge in [0.15, 0.2) is 5.75 Å². The second-order valence-corrected chi connectivity index (χ2v) is 8.57. The Morgan fingerprint density at radius 3 is 2.60 bits per heavy atom. The SMILES string of the molecule is CN1C(=O)C(NC(N)=O)Cc2cc(NC(=O)OC3(C)CC3)cc(Oc3cccc(C(F)(F)F)n3)c21. The topological polar surface area (TPSA) is 136 Å². The van der Waals surface area contributed by atoms with Crippen molar-refractivity contribution in [2.45, 2.75) is 44.0 Å². The van der Waals surface area contributed by atoms with Gasteiger partial charge in [0.05, 0.1) is 5.69 Å². The Balaban J connectivity index is 1.72. The molecule has 10 nitrogen and oxygen atoms in total. The van der Waals surface area contributed by atoms with Crippen molar-refractivity contribution in [2.75, 3.05) is 17.3 Å². The Hall–Kier alpha value is -4.03. The van der Waals surface area contributed by atoms with E-state index in [-0.39, 0.29) is 29.4 Å². The number of halogens is 3. The van der Waals surface area contributed by atoms with Gasteiger partial charge in [-0.3, -0.25) is 10.1 Å². The molecule has 186 valence electrons. The summed E-state index contributed by atoms with van der Waals surface area (Å²) in [6, 6.07) is 4.17. The minimum atomic E-state index is -4.69. The number of rotatable bonds is 5. The van der Waals surface area contributed by atoms with Crippen LogP contribution in [0.5, 0.6) is 11.6 Å². The zero-order valence-corrected chi connectivity index (χ0v) is 18.7. The molecule has 2 heterocycles. The molecule has 4 N–H and O–H groups in total. The molecule has 35 heavy (non-hydrogen) atoms. The first-order chi connectivity index (χ1) is 16.3. The number of likely N-dealkylation sites (N-methyl/N-ethyl adjacent to an activating group) is 1. The van der Waals surface area contributed by atoms with Gasteiger partial charge in [0.25, 0.3) is 0 Å². The number of fused-ring (bicyclic) bond motifs is 1. The van der Waals surface area contributed by atoms with E-state index in [1.165, 1.54) is 24.1 Å². The molecule has 1 aliphatic heterocycles. The van der Waals surface area contributed by atoms with E-state index < -0.39 is 41.5 Å². The molecule has 4 rings (SSSR count). The van der Waals surface area contributed by atoms with Gasteiger partial charge >= 0.3 is 18.3 Å². The maximum Gasteiger partial charge on any atom is 0.433 e. The quantitative estimate of drug-likeness (QED) is 0.583. The number of primary amides is 1. The summed E-state index contributed by atoms with van der Waals surface area (Å²) >= 11 is 0. The predicted octanol–water partition coefficient (Wildman–Crippen LogP) is 3.55. The highest BCUT2D eigenvalue weighted by Gasteiger charge is 2.42. The van der Waals surface area contributed by atoms with Crippen LogP contribution in [-0.2, 0) is 22.1 Å². The number of hydrogen-bond acceptors (Lipinski definition) is 6. The van der Waals surface area contributed by atoms with Crippen molar-refractivity contribution in [3.05, 3.63) is 41.6 Å². The predicted molar refractivity (Wildman–Crippen MR) is 117 cm³/mol. The largest absolute Gasteiger partial charge is 0.443 e. The Bertz CT molecular complexity index is 1200. The molecular formula is C22H22F3N5O5. The molecule has 0 bridgehead atoms. The van der Waals surface area contributed by atoms with Crippen molar-refractivity contribution in [3.8, 4) is 11.6 Å². The molecule has 2 aliphatic rings. The fourth-order valence-electron chi connectivity index (χ4n) is 3.67. The molecule has 1 aromatic carbocycles. The number of aromatic nitrogens is 1. The highest BCUT2D eigenvalue weighted by molar-refractivity contribution is 6.03. The normalized spacial score (nSPS) is 18.4. The lowest BCUT2D eigenvalue weighted by molar-refractivity contribution is -0.141. The molecule has 1 unspecified atom stereocenters. The number of urea groups is 1. The number of alkyl halides is 3. The van der Waals surface area contributed by atoms with Crippen LogP contribution in [0.3, 0.4) is 0 Å². The second kappa shape index (κ2) is 8.64. The Labute approximate surface area is 197 Å². The Kier molecular flexibility index (Phi) is 5.95. The first-order valence-corrected chi connectivity index (χ1v) is 10.6. The highest BCUT2D eigenvalue weighted by atomic mass is 19.4. The number of amides is 4. The Morgan fingerprint density at radius 2 is 1.97 bits per heavy atom. The zero-order chi connectivity index (χ0) is 25.5. The monoisotopic (exact) mass is 493 g/mol. The summed E-state index contributed by atoms with van der Waals surface area (Å²) in [6.45, 7) is 1.79. The number of hydrogen-bond donors (Lipinski definition) is 3. The van der Waals surface area contributed by atoms with Crippen LogP contribution in [0.2, 0.25) is 0 Å². The lowest BCUT2D eigenvalue weighted by Crippen LogP contribution is -2.53. The minimum absolute atomic E-state index is 0.00386. The third kappa shape index (κ3) is 5.39. The summed E-state index contributed by atoms with van der Waals surface area (Å²) in [4.78, 5) is 41.2. The van der Waals surface area contributed by atoms with Crippen molar-refractivity contribution in [1.82, 2.24) is 10.3 Å². The summed E-state index contributed by atoms with van der Waals surface area (Å²) in [5.74, 6) is -0.916. The van der Waals surface area contributed by atoms with E-state index in [4.69, 9.17) is 15.2 Å². The molecule has 13 heteroatoms. The maximum atomic E-state index is 13.1. The molecule has 1 fully saturated rings. The average molecular weight is 493 g/mol. The smallest absolute Gasteiger partial charge is 0.433 e. The van der Waals surface area contributed by atoms with Gasteiger partial charge in [0.2, 0.25) is 11.8 Å². The molecular weight excluding hydrogens is 471 g/mol. The number of anilines is 2. The van der Waals surface area contributed by atoms with Gasteiger partial charge < -0.3 is 25.4 Å². The Morgan fingerprint density at radius 1 is 1.26 bits per heavy atom. The van der Waals surface area contributed by atoms with Gasteiger partial charge in [0, 0.05) is 31.3 Å². The molecule has 1 aliphatic carbocycles. The van der Waals surface area contributed by atoms with Gasteiger partial charge in [-0.05, 0) is 37.5 Å². The van der Waals surface area contributed by atoms with E-state index in [0.29, 0.717) is 5.56 Å². The van der Waals surface area contributed by atoms with Crippen molar-refractivity contribution in [2.24, 2.45) is 5.73 Å². The number of carbonyl (C=O) groups excluding carboxylic acids is 3. The third-order valence-electron chi connectivity index (χ3n) is 5.63. The lowest BCUT2D eigenvalue weighted by atomic mass is 9.96. The van der Waals surface area contributed by atoms with Crippen LogP contribution in [0.1, 0.15) is 31.0 Å². The van der Waals surface area contributed by atoms with Gasteiger partial charge in [-0.2, -0.15) is 13.2 Å². The van der Waals surface area contributed by atoms with E-state index in [1.807, 2.05) is 0 Å². The number of carbonyl (C=O) groups is 3.